The van der Waals surface area contributed by atoms with E-state index in [1.54, 1.807) is 31.0 Å². The van der Waals surface area contributed by atoms with Crippen LogP contribution < -0.4 is 9.64 Å². The van der Waals surface area contributed by atoms with Gasteiger partial charge in [0, 0.05) is 12.7 Å². The lowest BCUT2D eigenvalue weighted by atomic mass is 10.0. The number of ether oxygens (including phenoxy) is 1. The van der Waals surface area contributed by atoms with Gasteiger partial charge in [-0.3, -0.25) is 20.0 Å². The number of allylic oxidation sites excluding steroid dienone is 2. The predicted octanol–water partition coefficient (Wildman–Crippen LogP) is 5.75. The summed E-state index contributed by atoms with van der Waals surface area (Å²) >= 11 is 5.52. The summed E-state index contributed by atoms with van der Waals surface area (Å²) in [4.78, 5) is 16.0. The number of alkyl halides is 3. The molecular weight excluding hydrogens is 529 g/mol. The van der Waals surface area contributed by atoms with Crippen LogP contribution in [0.3, 0.4) is 0 Å². The quantitative estimate of drug-likeness (QED) is 0.344. The van der Waals surface area contributed by atoms with Crippen LogP contribution in [-0.2, 0) is 11.0 Å². The van der Waals surface area contributed by atoms with Gasteiger partial charge >= 0.3 is 6.18 Å². The van der Waals surface area contributed by atoms with Crippen molar-refractivity contribution >= 4 is 34.5 Å². The molecule has 11 heteroatoms. The van der Waals surface area contributed by atoms with Gasteiger partial charge in [-0.05, 0) is 87.0 Å². The maximum absolute atomic E-state index is 13.5. The van der Waals surface area contributed by atoms with Gasteiger partial charge in [-0.15, -0.1) is 0 Å². The van der Waals surface area contributed by atoms with Gasteiger partial charge in [0.1, 0.15) is 11.3 Å². The number of benzene rings is 2. The van der Waals surface area contributed by atoms with Crippen molar-refractivity contribution in [3.8, 4) is 11.8 Å². The zero-order valence-corrected chi connectivity index (χ0v) is 22.4. The molecular formula is C28H27F3N4O3S. The molecule has 4 rings (SSSR count). The van der Waals surface area contributed by atoms with Gasteiger partial charge in [0.15, 0.2) is 5.11 Å². The summed E-state index contributed by atoms with van der Waals surface area (Å²) in [6.45, 7) is 5.89. The van der Waals surface area contributed by atoms with Crippen molar-refractivity contribution in [3.05, 3.63) is 77.5 Å². The molecule has 2 aliphatic heterocycles. The van der Waals surface area contributed by atoms with E-state index in [1.165, 1.54) is 6.07 Å². The van der Waals surface area contributed by atoms with Crippen LogP contribution in [-0.4, -0.2) is 50.9 Å². The Balaban J connectivity index is 1.39. The number of hydrogen-bond donors (Lipinski definition) is 1. The molecule has 0 saturated carbocycles. The Kier molecular flexibility index (Phi) is 7.73. The highest BCUT2D eigenvalue weighted by atomic mass is 32.1. The first-order valence-electron chi connectivity index (χ1n) is 12.2. The molecule has 1 N–H and O–H groups in total. The minimum absolute atomic E-state index is 0.0349. The number of anilines is 1. The van der Waals surface area contributed by atoms with Gasteiger partial charge in [-0.2, -0.15) is 18.4 Å². The molecule has 2 heterocycles. The van der Waals surface area contributed by atoms with Gasteiger partial charge in [-0.25, -0.2) is 0 Å². The average molecular weight is 557 g/mol. The highest BCUT2D eigenvalue weighted by Crippen LogP contribution is 2.38. The van der Waals surface area contributed by atoms with Crippen LogP contribution in [0.15, 0.2) is 60.8 Å². The van der Waals surface area contributed by atoms with E-state index in [0.717, 1.165) is 33.2 Å². The first kappa shape index (κ1) is 28.1. The van der Waals surface area contributed by atoms with Gasteiger partial charge < -0.3 is 9.64 Å². The van der Waals surface area contributed by atoms with Crippen LogP contribution in [0.25, 0.3) is 5.57 Å². The minimum Gasteiger partial charge on any atom is -0.494 e. The Labute approximate surface area is 229 Å². The number of carbonyl (C=O) groups excluding carboxylic acids is 1. The van der Waals surface area contributed by atoms with Crippen molar-refractivity contribution in [2.24, 2.45) is 0 Å². The Morgan fingerprint density at radius 2 is 1.87 bits per heavy atom. The fourth-order valence-corrected chi connectivity index (χ4v) is 4.98. The van der Waals surface area contributed by atoms with Crippen LogP contribution in [0.1, 0.15) is 43.9 Å². The molecule has 2 aromatic rings. The largest absolute Gasteiger partial charge is 0.494 e. The molecule has 1 saturated heterocycles. The maximum Gasteiger partial charge on any atom is 0.417 e. The van der Waals surface area contributed by atoms with Crippen molar-refractivity contribution in [3.63, 3.8) is 0 Å². The first-order valence-corrected chi connectivity index (χ1v) is 12.6. The van der Waals surface area contributed by atoms with E-state index in [-0.39, 0.29) is 16.8 Å². The number of carbonyl (C=O) groups is 1. The normalized spacial score (nSPS) is 18.9. The van der Waals surface area contributed by atoms with Crippen LogP contribution >= 0.6 is 12.2 Å². The van der Waals surface area contributed by atoms with Crippen molar-refractivity contribution < 1.29 is 27.9 Å². The molecule has 0 radical (unpaired) electrons. The first-order chi connectivity index (χ1) is 18.3. The van der Waals surface area contributed by atoms with E-state index >= 15 is 0 Å². The Bertz CT molecular complexity index is 1380. The molecule has 0 spiro atoms. The number of hydroxylamine groups is 2. The maximum atomic E-state index is 13.5. The van der Waals surface area contributed by atoms with E-state index in [9.17, 15) is 23.2 Å². The van der Waals surface area contributed by atoms with Crippen LogP contribution in [0.2, 0.25) is 0 Å². The number of thiocarbonyl (C=S) groups is 1. The van der Waals surface area contributed by atoms with Crippen molar-refractivity contribution in [2.45, 2.75) is 44.9 Å². The highest BCUT2D eigenvalue weighted by molar-refractivity contribution is 7.80. The van der Waals surface area contributed by atoms with Crippen molar-refractivity contribution in [2.75, 3.05) is 18.1 Å². The van der Waals surface area contributed by atoms with Gasteiger partial charge in [0.05, 0.1) is 35.5 Å². The number of nitrogens with zero attached hydrogens (tertiary/aromatic N) is 4. The summed E-state index contributed by atoms with van der Waals surface area (Å²) in [5.74, 6) is 0.209. The van der Waals surface area contributed by atoms with Crippen LogP contribution in [0, 0.1) is 11.3 Å². The number of nitriles is 1. The fourth-order valence-electron chi connectivity index (χ4n) is 4.47. The van der Waals surface area contributed by atoms with Gasteiger partial charge in [0.2, 0.25) is 0 Å². The number of hydrogen-bond acceptors (Lipinski definition) is 6. The summed E-state index contributed by atoms with van der Waals surface area (Å²) in [7, 11) is 0. The smallest absolute Gasteiger partial charge is 0.417 e. The Hall–Kier alpha value is -3.88. The van der Waals surface area contributed by atoms with E-state index in [1.807, 2.05) is 43.3 Å². The topological polar surface area (TPSA) is 80.0 Å². The standard InChI is InChI=1S/C28H27F3N4O3S/c1-18-15-20(11-13-34(18)37)19-6-9-23(10-7-19)38-14-4-12-33-26(39)35(25(36)27(33,2)3)22-8-5-21(17-32)24(16-22)28(29,30)31/h5-11,13,15-16,18,37H,4,12,14H2,1-3H3. The van der Waals surface area contributed by atoms with Gasteiger partial charge in [0.25, 0.3) is 5.91 Å². The molecule has 1 amide bonds. The molecule has 39 heavy (non-hydrogen) atoms. The van der Waals surface area contributed by atoms with E-state index in [4.69, 9.17) is 22.2 Å². The van der Waals surface area contributed by atoms with Crippen LogP contribution in [0.5, 0.6) is 5.75 Å². The monoisotopic (exact) mass is 556 g/mol. The van der Waals surface area contributed by atoms with Gasteiger partial charge in [-0.1, -0.05) is 18.2 Å². The van der Waals surface area contributed by atoms with Crippen LogP contribution in [0.4, 0.5) is 18.9 Å². The molecule has 0 bridgehead atoms. The Morgan fingerprint density at radius 3 is 2.49 bits per heavy atom. The summed E-state index contributed by atoms with van der Waals surface area (Å²) in [5, 5.41) is 20.0. The summed E-state index contributed by atoms with van der Waals surface area (Å²) in [6, 6.07) is 12.1. The molecule has 7 nitrogen and oxygen atoms in total. The second-order valence-corrected chi connectivity index (χ2v) is 10.1. The summed E-state index contributed by atoms with van der Waals surface area (Å²) in [6.07, 6.45) is 1.13. The molecule has 0 aromatic heterocycles. The average Bonchev–Trinajstić information content (AvgIpc) is 3.06. The third-order valence-corrected chi connectivity index (χ3v) is 7.14. The molecule has 1 atom stereocenters. The van der Waals surface area contributed by atoms with Crippen molar-refractivity contribution in [1.82, 2.24) is 9.96 Å². The Morgan fingerprint density at radius 1 is 1.18 bits per heavy atom. The lowest BCUT2D eigenvalue weighted by Crippen LogP contribution is -2.44. The van der Waals surface area contributed by atoms with E-state index < -0.39 is 28.7 Å². The number of amides is 1. The molecule has 0 aliphatic carbocycles. The van der Waals surface area contributed by atoms with Crippen molar-refractivity contribution in [1.29, 1.82) is 5.26 Å². The predicted molar refractivity (Wildman–Crippen MR) is 144 cm³/mol. The molecule has 1 fully saturated rings. The second-order valence-electron chi connectivity index (χ2n) is 9.76. The number of halogens is 3. The second kappa shape index (κ2) is 10.7. The zero-order chi connectivity index (χ0) is 28.5. The lowest BCUT2D eigenvalue weighted by molar-refractivity contribution is -0.137. The molecule has 1 unspecified atom stereocenters. The fraction of sp³-hybridized carbons (Fsp3) is 0.321. The molecule has 2 aliphatic rings. The summed E-state index contributed by atoms with van der Waals surface area (Å²) < 4.78 is 46.3. The third kappa shape index (κ3) is 5.62. The lowest BCUT2D eigenvalue weighted by Gasteiger charge is -2.29. The third-order valence-electron chi connectivity index (χ3n) is 6.74. The highest BCUT2D eigenvalue weighted by Gasteiger charge is 2.49. The summed E-state index contributed by atoms with van der Waals surface area (Å²) in [5.41, 5.74) is -0.779. The molecule has 2 aromatic carbocycles. The minimum atomic E-state index is -4.75. The van der Waals surface area contributed by atoms with E-state index in [0.29, 0.717) is 25.3 Å². The SMILES string of the molecule is CC1C=C(c2ccc(OCCCN3C(=S)N(c4ccc(C#N)c(C(F)(F)F)c4)C(=O)C3(C)C)cc2)C=CN1O. The van der Waals surface area contributed by atoms with E-state index in [2.05, 4.69) is 0 Å². The zero-order valence-electron chi connectivity index (χ0n) is 21.6. The molecule has 204 valence electrons. The number of rotatable bonds is 7.